The zero-order chi connectivity index (χ0) is 34.0. The Morgan fingerprint density at radius 2 is 1.33 bits per heavy atom. The quantitative estimate of drug-likeness (QED) is 0.175. The van der Waals surface area contributed by atoms with Crippen LogP contribution in [0.5, 0.6) is 28.7 Å². The van der Waals surface area contributed by atoms with Gasteiger partial charge in [-0.15, -0.1) is 0 Å². The van der Waals surface area contributed by atoms with Gasteiger partial charge < -0.3 is 23.7 Å². The molecule has 1 atom stereocenters. The minimum atomic E-state index is -4.48. The summed E-state index contributed by atoms with van der Waals surface area (Å²) in [5.41, 5.74) is 3.07. The van der Waals surface area contributed by atoms with Gasteiger partial charge in [-0.25, -0.2) is 0 Å². The van der Waals surface area contributed by atoms with Gasteiger partial charge in [0, 0.05) is 27.5 Å². The van der Waals surface area contributed by atoms with E-state index in [4.69, 9.17) is 23.7 Å². The first-order valence-electron chi connectivity index (χ1n) is 15.7. The normalized spacial score (nSPS) is 17.3. The van der Waals surface area contributed by atoms with Gasteiger partial charge in [-0.1, -0.05) is 50.3 Å². The number of fused-ring (bicyclic) bond motifs is 8. The van der Waals surface area contributed by atoms with Crippen molar-refractivity contribution in [3.05, 3.63) is 118 Å². The molecule has 2 aliphatic rings. The number of hydrogen-bond donors (Lipinski definition) is 0. The number of hydrogen-bond acceptors (Lipinski definition) is 5. The van der Waals surface area contributed by atoms with E-state index in [9.17, 15) is 13.2 Å². The van der Waals surface area contributed by atoms with E-state index in [1.54, 1.807) is 27.4 Å². The van der Waals surface area contributed by atoms with Crippen LogP contribution < -0.4 is 23.7 Å². The lowest BCUT2D eigenvalue weighted by molar-refractivity contribution is -0.137. The minimum absolute atomic E-state index is 0.504. The van der Waals surface area contributed by atoms with Crippen LogP contribution in [0.1, 0.15) is 54.2 Å². The molecule has 0 bridgehead atoms. The monoisotopic (exact) mass is 652 g/mol. The van der Waals surface area contributed by atoms with Crippen LogP contribution in [0.3, 0.4) is 0 Å². The second kappa shape index (κ2) is 11.3. The fraction of sp³-hybridized carbons (Fsp3) is 0.250. The summed E-state index contributed by atoms with van der Waals surface area (Å²) < 4.78 is 72.0. The molecule has 0 spiro atoms. The van der Waals surface area contributed by atoms with Gasteiger partial charge in [0.05, 0.1) is 33.5 Å². The molecule has 5 aromatic rings. The van der Waals surface area contributed by atoms with E-state index in [0.717, 1.165) is 56.0 Å². The summed E-state index contributed by atoms with van der Waals surface area (Å²) >= 11 is 0. The van der Waals surface area contributed by atoms with E-state index < -0.39 is 22.8 Å². The lowest BCUT2D eigenvalue weighted by Gasteiger charge is -2.38. The van der Waals surface area contributed by atoms with Crippen LogP contribution in [0.4, 0.5) is 13.2 Å². The molecular formula is C40H35F3O5. The molecule has 1 aliphatic heterocycles. The van der Waals surface area contributed by atoms with Crippen molar-refractivity contribution in [2.24, 2.45) is 0 Å². The molecule has 1 unspecified atom stereocenters. The Bertz CT molecular complexity index is 2080. The average molecular weight is 653 g/mol. The predicted octanol–water partition coefficient (Wildman–Crippen LogP) is 9.94. The molecule has 7 rings (SSSR count). The standard InChI is InChI=1S/C40H35F3O5/c1-7-47-27-15-10-24(11-16-27)39(23-8-13-26(44-4)14-9-23)19-18-29-36-35(28-17-12-25(40(41,42)43)20-32(28)38(36,2)3)30-21-33(45-5)34(46-6)22-31(30)37(29)48-39/h8-22H,7H2,1-6H3. The van der Waals surface area contributed by atoms with Gasteiger partial charge in [0.15, 0.2) is 17.1 Å². The van der Waals surface area contributed by atoms with E-state index in [2.05, 4.69) is 0 Å². The van der Waals surface area contributed by atoms with E-state index in [1.165, 1.54) is 6.07 Å². The molecule has 48 heavy (non-hydrogen) atoms. The first kappa shape index (κ1) is 31.5. The summed E-state index contributed by atoms with van der Waals surface area (Å²) in [5.74, 6) is 3.05. The van der Waals surface area contributed by atoms with Crippen molar-refractivity contribution in [2.75, 3.05) is 27.9 Å². The maximum absolute atomic E-state index is 14.0. The first-order chi connectivity index (χ1) is 23.0. The van der Waals surface area contributed by atoms with Gasteiger partial charge in [-0.3, -0.25) is 0 Å². The highest BCUT2D eigenvalue weighted by Crippen LogP contribution is 2.59. The molecule has 0 saturated carbocycles. The highest BCUT2D eigenvalue weighted by Gasteiger charge is 2.45. The number of methoxy groups -OCH3 is 3. The SMILES string of the molecule is CCOc1ccc(C2(c3ccc(OC)cc3)C=Cc3c4c(c5cc(OC)c(OC)cc5c3O2)-c2ccc(C(F)(F)F)cc2C4(C)C)cc1. The molecule has 5 nitrogen and oxygen atoms in total. The smallest absolute Gasteiger partial charge is 0.416 e. The molecule has 0 amide bonds. The fourth-order valence-corrected chi connectivity index (χ4v) is 7.27. The van der Waals surface area contributed by atoms with Gasteiger partial charge >= 0.3 is 6.18 Å². The summed E-state index contributed by atoms with van der Waals surface area (Å²) in [6.45, 7) is 6.41. The van der Waals surface area contributed by atoms with Crippen LogP contribution in [0.25, 0.3) is 28.0 Å². The third-order valence-electron chi connectivity index (χ3n) is 9.58. The Balaban J connectivity index is 1.54. The molecule has 1 aliphatic carbocycles. The van der Waals surface area contributed by atoms with Crippen molar-refractivity contribution in [1.29, 1.82) is 0 Å². The topological polar surface area (TPSA) is 46.2 Å². The number of rotatable bonds is 7. The van der Waals surface area contributed by atoms with Crippen molar-refractivity contribution in [3.63, 3.8) is 0 Å². The molecule has 0 N–H and O–H groups in total. The molecule has 8 heteroatoms. The Morgan fingerprint density at radius 3 is 1.90 bits per heavy atom. The van der Waals surface area contributed by atoms with Crippen LogP contribution in [-0.2, 0) is 17.2 Å². The van der Waals surface area contributed by atoms with Crippen molar-refractivity contribution >= 4 is 16.8 Å². The number of ether oxygens (including phenoxy) is 5. The molecule has 246 valence electrons. The van der Waals surface area contributed by atoms with Gasteiger partial charge in [-0.05, 0) is 89.2 Å². The van der Waals surface area contributed by atoms with Gasteiger partial charge in [0.25, 0.3) is 0 Å². The second-order valence-corrected chi connectivity index (χ2v) is 12.5. The Hall–Kier alpha value is -5.11. The lowest BCUT2D eigenvalue weighted by Crippen LogP contribution is -2.35. The third-order valence-corrected chi connectivity index (χ3v) is 9.58. The molecule has 0 radical (unpaired) electrons. The van der Waals surface area contributed by atoms with Crippen LogP contribution in [0.15, 0.2) is 84.9 Å². The molecule has 0 saturated heterocycles. The van der Waals surface area contributed by atoms with Crippen molar-refractivity contribution in [3.8, 4) is 39.9 Å². The zero-order valence-corrected chi connectivity index (χ0v) is 27.5. The Labute approximate surface area is 277 Å². The molecule has 5 aromatic carbocycles. The van der Waals surface area contributed by atoms with Gasteiger partial charge in [-0.2, -0.15) is 13.2 Å². The summed E-state index contributed by atoms with van der Waals surface area (Å²) in [6, 6.07) is 23.4. The van der Waals surface area contributed by atoms with Crippen molar-refractivity contribution in [2.45, 2.75) is 38.0 Å². The Kier molecular flexibility index (Phi) is 7.38. The van der Waals surface area contributed by atoms with E-state index >= 15 is 0 Å². The number of alkyl halides is 3. The maximum Gasteiger partial charge on any atom is 0.416 e. The van der Waals surface area contributed by atoms with Crippen LogP contribution >= 0.6 is 0 Å². The molecule has 0 fully saturated rings. The summed E-state index contributed by atoms with van der Waals surface area (Å²) in [4.78, 5) is 0. The van der Waals surface area contributed by atoms with Gasteiger partial charge in [0.1, 0.15) is 17.2 Å². The average Bonchev–Trinajstić information content (AvgIpc) is 3.33. The fourth-order valence-electron chi connectivity index (χ4n) is 7.27. The highest BCUT2D eigenvalue weighted by atomic mass is 19.4. The van der Waals surface area contributed by atoms with E-state index in [1.807, 2.05) is 93.6 Å². The van der Waals surface area contributed by atoms with Gasteiger partial charge in [0.2, 0.25) is 0 Å². The summed E-state index contributed by atoms with van der Waals surface area (Å²) in [7, 11) is 4.76. The largest absolute Gasteiger partial charge is 0.497 e. The predicted molar refractivity (Wildman–Crippen MR) is 181 cm³/mol. The lowest BCUT2D eigenvalue weighted by atomic mass is 9.76. The zero-order valence-electron chi connectivity index (χ0n) is 27.5. The number of halogens is 3. The third kappa shape index (κ3) is 4.68. The van der Waals surface area contributed by atoms with Crippen molar-refractivity contribution < 1.29 is 36.9 Å². The Morgan fingerprint density at radius 1 is 0.729 bits per heavy atom. The minimum Gasteiger partial charge on any atom is -0.497 e. The molecule has 1 heterocycles. The molecule has 0 aromatic heterocycles. The van der Waals surface area contributed by atoms with Crippen LogP contribution in [0, 0.1) is 0 Å². The van der Waals surface area contributed by atoms with E-state index in [-0.39, 0.29) is 0 Å². The van der Waals surface area contributed by atoms with Crippen molar-refractivity contribution in [1.82, 2.24) is 0 Å². The van der Waals surface area contributed by atoms with E-state index in [0.29, 0.717) is 35.2 Å². The number of benzene rings is 5. The second-order valence-electron chi connectivity index (χ2n) is 12.5. The molecular weight excluding hydrogens is 617 g/mol. The maximum atomic E-state index is 14.0. The summed E-state index contributed by atoms with van der Waals surface area (Å²) in [5, 5.41) is 1.54. The highest BCUT2D eigenvalue weighted by molar-refractivity contribution is 6.09. The summed E-state index contributed by atoms with van der Waals surface area (Å²) in [6.07, 6.45) is -0.399. The van der Waals surface area contributed by atoms with Crippen LogP contribution in [-0.4, -0.2) is 27.9 Å². The first-order valence-corrected chi connectivity index (χ1v) is 15.7. The van der Waals surface area contributed by atoms with Crippen LogP contribution in [0.2, 0.25) is 0 Å².